The second-order valence-corrected chi connectivity index (χ2v) is 5.58. The molecule has 0 spiro atoms. The number of aldehydes is 1. The Morgan fingerprint density at radius 3 is 2.95 bits per heavy atom. The summed E-state index contributed by atoms with van der Waals surface area (Å²) in [5, 5.41) is 2.72. The highest BCUT2D eigenvalue weighted by atomic mass is 79.9. The van der Waals surface area contributed by atoms with Crippen LogP contribution in [0.25, 0.3) is 0 Å². The number of piperidine rings is 1. The number of nitrogens with zero attached hydrogens (tertiary/aromatic N) is 1. The number of anilines is 1. The highest BCUT2D eigenvalue weighted by molar-refractivity contribution is 9.10. The van der Waals surface area contributed by atoms with Gasteiger partial charge in [0, 0.05) is 30.2 Å². The summed E-state index contributed by atoms with van der Waals surface area (Å²) in [5.74, 6) is 0.140. The van der Waals surface area contributed by atoms with Gasteiger partial charge in [-0.3, -0.25) is 9.59 Å². The van der Waals surface area contributed by atoms with E-state index in [9.17, 15) is 9.59 Å². The third kappa shape index (κ3) is 3.15. The summed E-state index contributed by atoms with van der Waals surface area (Å²) in [7, 11) is 1.68. The van der Waals surface area contributed by atoms with Gasteiger partial charge < -0.3 is 10.2 Å². The number of amides is 1. The zero-order valence-electron chi connectivity index (χ0n) is 10.9. The van der Waals surface area contributed by atoms with E-state index in [-0.39, 0.29) is 11.8 Å². The van der Waals surface area contributed by atoms with E-state index in [2.05, 4.69) is 26.1 Å². The third-order valence-electron chi connectivity index (χ3n) is 3.49. The third-order valence-corrected chi connectivity index (χ3v) is 4.12. The Labute approximate surface area is 121 Å². The predicted molar refractivity (Wildman–Crippen MR) is 78.5 cm³/mol. The first-order valence-corrected chi connectivity index (χ1v) is 7.16. The number of hydrogen-bond acceptors (Lipinski definition) is 3. The fourth-order valence-corrected chi connectivity index (χ4v) is 3.11. The molecular weight excluding hydrogens is 308 g/mol. The minimum Gasteiger partial charge on any atom is -0.370 e. The molecule has 1 aliphatic heterocycles. The van der Waals surface area contributed by atoms with Crippen LogP contribution in [0.5, 0.6) is 0 Å². The Bertz CT molecular complexity index is 490. The lowest BCUT2D eigenvalue weighted by Crippen LogP contribution is -2.42. The Kier molecular flexibility index (Phi) is 4.58. The molecule has 1 heterocycles. The van der Waals surface area contributed by atoms with Gasteiger partial charge in [-0.05, 0) is 47.0 Å². The molecule has 5 heteroatoms. The van der Waals surface area contributed by atoms with Gasteiger partial charge in [-0.15, -0.1) is 0 Å². The Hall–Kier alpha value is -1.36. The van der Waals surface area contributed by atoms with Crippen LogP contribution in [0.1, 0.15) is 23.2 Å². The molecule has 1 fully saturated rings. The number of carbonyl (C=O) groups is 2. The SMILES string of the molecule is CNC(=O)C1CCCN(c2ccc(C=O)cc2Br)C1. The highest BCUT2D eigenvalue weighted by Crippen LogP contribution is 2.30. The smallest absolute Gasteiger partial charge is 0.224 e. The Morgan fingerprint density at radius 2 is 2.32 bits per heavy atom. The number of halogens is 1. The van der Waals surface area contributed by atoms with Gasteiger partial charge in [-0.1, -0.05) is 0 Å². The minimum absolute atomic E-state index is 0.0383. The number of rotatable bonds is 3. The number of benzene rings is 1. The van der Waals surface area contributed by atoms with Gasteiger partial charge in [-0.2, -0.15) is 0 Å². The Morgan fingerprint density at radius 1 is 1.53 bits per heavy atom. The molecular formula is C14H17BrN2O2. The van der Waals surface area contributed by atoms with E-state index in [1.807, 2.05) is 12.1 Å². The van der Waals surface area contributed by atoms with E-state index in [0.717, 1.165) is 42.4 Å². The van der Waals surface area contributed by atoms with Crippen LogP contribution in [0.2, 0.25) is 0 Å². The van der Waals surface area contributed by atoms with Crippen LogP contribution < -0.4 is 10.2 Å². The largest absolute Gasteiger partial charge is 0.370 e. The standard InChI is InChI=1S/C14H17BrN2O2/c1-16-14(19)11-3-2-6-17(8-11)13-5-4-10(9-18)7-12(13)15/h4-5,7,9,11H,2-3,6,8H2,1H3,(H,16,19). The molecule has 19 heavy (non-hydrogen) atoms. The molecule has 1 aromatic rings. The average Bonchev–Trinajstić information content (AvgIpc) is 2.46. The van der Waals surface area contributed by atoms with E-state index in [4.69, 9.17) is 0 Å². The van der Waals surface area contributed by atoms with Crippen molar-refractivity contribution in [1.82, 2.24) is 5.32 Å². The molecule has 102 valence electrons. The molecule has 1 aromatic carbocycles. The molecule has 1 aliphatic rings. The average molecular weight is 325 g/mol. The molecule has 1 saturated heterocycles. The molecule has 0 radical (unpaired) electrons. The summed E-state index contributed by atoms with van der Waals surface area (Å²) >= 11 is 3.50. The van der Waals surface area contributed by atoms with E-state index in [1.54, 1.807) is 13.1 Å². The van der Waals surface area contributed by atoms with E-state index in [0.29, 0.717) is 5.56 Å². The van der Waals surface area contributed by atoms with Gasteiger partial charge in [0.05, 0.1) is 11.6 Å². The number of nitrogens with one attached hydrogen (secondary N) is 1. The molecule has 4 nitrogen and oxygen atoms in total. The maximum absolute atomic E-state index is 11.7. The van der Waals surface area contributed by atoms with Gasteiger partial charge >= 0.3 is 0 Å². The number of carbonyl (C=O) groups excluding carboxylic acids is 2. The predicted octanol–water partition coefficient (Wildman–Crippen LogP) is 2.22. The Balaban J connectivity index is 2.17. The van der Waals surface area contributed by atoms with Crippen LogP contribution in [-0.4, -0.2) is 32.3 Å². The highest BCUT2D eigenvalue weighted by Gasteiger charge is 2.26. The zero-order valence-corrected chi connectivity index (χ0v) is 12.4. The maximum atomic E-state index is 11.7. The van der Waals surface area contributed by atoms with Crippen molar-refractivity contribution in [1.29, 1.82) is 0 Å². The van der Waals surface area contributed by atoms with Crippen molar-refractivity contribution in [3.05, 3.63) is 28.2 Å². The minimum atomic E-state index is 0.0383. The van der Waals surface area contributed by atoms with Crippen LogP contribution in [0, 0.1) is 5.92 Å². The van der Waals surface area contributed by atoms with Crippen molar-refractivity contribution in [3.8, 4) is 0 Å². The second-order valence-electron chi connectivity index (χ2n) is 4.73. The first-order chi connectivity index (χ1) is 9.15. The quantitative estimate of drug-likeness (QED) is 0.867. The molecule has 1 N–H and O–H groups in total. The normalized spacial score (nSPS) is 19.1. The zero-order chi connectivity index (χ0) is 13.8. The van der Waals surface area contributed by atoms with Gasteiger partial charge in [0.2, 0.25) is 5.91 Å². The van der Waals surface area contributed by atoms with E-state index >= 15 is 0 Å². The molecule has 1 amide bonds. The summed E-state index contributed by atoms with van der Waals surface area (Å²) in [5.41, 5.74) is 1.69. The van der Waals surface area contributed by atoms with Gasteiger partial charge in [-0.25, -0.2) is 0 Å². The summed E-state index contributed by atoms with van der Waals surface area (Å²) in [6.07, 6.45) is 2.76. The van der Waals surface area contributed by atoms with Crippen LogP contribution in [0.4, 0.5) is 5.69 Å². The number of hydrogen-bond donors (Lipinski definition) is 1. The van der Waals surface area contributed by atoms with Crippen molar-refractivity contribution in [3.63, 3.8) is 0 Å². The van der Waals surface area contributed by atoms with E-state index < -0.39 is 0 Å². The van der Waals surface area contributed by atoms with Crippen molar-refractivity contribution < 1.29 is 9.59 Å². The summed E-state index contributed by atoms with van der Waals surface area (Å²) in [6, 6.07) is 5.54. The van der Waals surface area contributed by atoms with Crippen molar-refractivity contribution in [2.75, 3.05) is 25.0 Å². The van der Waals surface area contributed by atoms with Crippen molar-refractivity contribution in [2.45, 2.75) is 12.8 Å². The van der Waals surface area contributed by atoms with Crippen LogP contribution in [0.3, 0.4) is 0 Å². The molecule has 0 saturated carbocycles. The molecule has 0 aromatic heterocycles. The molecule has 1 atom stereocenters. The lowest BCUT2D eigenvalue weighted by Gasteiger charge is -2.34. The fraction of sp³-hybridized carbons (Fsp3) is 0.429. The van der Waals surface area contributed by atoms with Crippen molar-refractivity contribution >= 4 is 33.8 Å². The van der Waals surface area contributed by atoms with Gasteiger partial charge in [0.25, 0.3) is 0 Å². The summed E-state index contributed by atoms with van der Waals surface area (Å²) in [4.78, 5) is 24.7. The van der Waals surface area contributed by atoms with Crippen LogP contribution in [-0.2, 0) is 4.79 Å². The molecule has 0 bridgehead atoms. The second kappa shape index (κ2) is 6.19. The van der Waals surface area contributed by atoms with E-state index in [1.165, 1.54) is 0 Å². The monoisotopic (exact) mass is 324 g/mol. The molecule has 1 unspecified atom stereocenters. The topological polar surface area (TPSA) is 49.4 Å². The molecule has 2 rings (SSSR count). The first kappa shape index (κ1) is 14.1. The molecule has 0 aliphatic carbocycles. The first-order valence-electron chi connectivity index (χ1n) is 6.37. The maximum Gasteiger partial charge on any atom is 0.224 e. The van der Waals surface area contributed by atoms with Gasteiger partial charge in [0.1, 0.15) is 6.29 Å². The summed E-state index contributed by atoms with van der Waals surface area (Å²) in [6.45, 7) is 1.66. The van der Waals surface area contributed by atoms with Gasteiger partial charge in [0.15, 0.2) is 0 Å². The van der Waals surface area contributed by atoms with Crippen LogP contribution >= 0.6 is 15.9 Å². The van der Waals surface area contributed by atoms with Crippen LogP contribution in [0.15, 0.2) is 22.7 Å². The lowest BCUT2D eigenvalue weighted by molar-refractivity contribution is -0.124. The summed E-state index contributed by atoms with van der Waals surface area (Å²) < 4.78 is 0.898. The lowest BCUT2D eigenvalue weighted by atomic mass is 9.96. The fourth-order valence-electron chi connectivity index (χ4n) is 2.47. The van der Waals surface area contributed by atoms with Crippen molar-refractivity contribution in [2.24, 2.45) is 5.92 Å².